The van der Waals surface area contributed by atoms with Crippen LogP contribution in [0.1, 0.15) is 38.1 Å². The maximum atomic E-state index is 4.44. The van der Waals surface area contributed by atoms with Crippen LogP contribution in [0, 0.1) is 6.92 Å². The van der Waals surface area contributed by atoms with E-state index in [1.807, 2.05) is 11.7 Å². The fourth-order valence-electron chi connectivity index (χ4n) is 2.69. The molecule has 1 fully saturated rings. The molecule has 1 saturated heterocycles. The maximum absolute atomic E-state index is 4.44. The molecule has 1 aromatic heterocycles. The summed E-state index contributed by atoms with van der Waals surface area (Å²) in [5, 5.41) is 8.03. The largest absolute Gasteiger partial charge is 0.313 e. The van der Waals surface area contributed by atoms with E-state index in [2.05, 4.69) is 37.3 Å². The minimum Gasteiger partial charge on any atom is -0.313 e. The van der Waals surface area contributed by atoms with E-state index < -0.39 is 0 Å². The van der Waals surface area contributed by atoms with Gasteiger partial charge in [-0.25, -0.2) is 0 Å². The highest BCUT2D eigenvalue weighted by molar-refractivity contribution is 5.21. The van der Waals surface area contributed by atoms with E-state index in [0.717, 1.165) is 12.2 Å². The molecule has 0 amide bonds. The van der Waals surface area contributed by atoms with Gasteiger partial charge < -0.3 is 5.32 Å². The molecule has 15 heavy (non-hydrogen) atoms. The Labute approximate surface area is 91.9 Å². The maximum Gasteiger partial charge on any atom is 0.0596 e. The molecule has 1 aliphatic heterocycles. The predicted molar refractivity (Wildman–Crippen MR) is 62.0 cm³/mol. The summed E-state index contributed by atoms with van der Waals surface area (Å²) in [5.41, 5.74) is 2.62. The van der Waals surface area contributed by atoms with Gasteiger partial charge in [-0.2, -0.15) is 5.10 Å². The van der Waals surface area contributed by atoms with Gasteiger partial charge in [0.25, 0.3) is 0 Å². The van der Waals surface area contributed by atoms with Crippen molar-refractivity contribution in [2.24, 2.45) is 7.05 Å². The Hall–Kier alpha value is -0.830. The van der Waals surface area contributed by atoms with E-state index in [-0.39, 0.29) is 5.41 Å². The first kappa shape index (κ1) is 10.7. The van der Waals surface area contributed by atoms with E-state index in [4.69, 9.17) is 0 Å². The summed E-state index contributed by atoms with van der Waals surface area (Å²) in [7, 11) is 2.04. The molecule has 3 nitrogen and oxygen atoms in total. The Morgan fingerprint density at radius 3 is 2.73 bits per heavy atom. The van der Waals surface area contributed by atoms with Crippen LogP contribution in [-0.4, -0.2) is 22.4 Å². The van der Waals surface area contributed by atoms with Gasteiger partial charge in [0.15, 0.2) is 0 Å². The quantitative estimate of drug-likeness (QED) is 0.801. The van der Waals surface area contributed by atoms with E-state index in [1.165, 1.54) is 18.5 Å². The smallest absolute Gasteiger partial charge is 0.0596 e. The molecule has 1 atom stereocenters. The second-order valence-electron chi connectivity index (χ2n) is 5.17. The van der Waals surface area contributed by atoms with Crippen LogP contribution < -0.4 is 5.32 Å². The van der Waals surface area contributed by atoms with E-state index in [0.29, 0.717) is 6.04 Å². The first-order valence-corrected chi connectivity index (χ1v) is 5.76. The third kappa shape index (κ3) is 1.81. The zero-order valence-corrected chi connectivity index (χ0v) is 10.2. The van der Waals surface area contributed by atoms with Crippen LogP contribution in [0.4, 0.5) is 0 Å². The van der Waals surface area contributed by atoms with Crippen LogP contribution in [-0.2, 0) is 12.5 Å². The first-order chi connectivity index (χ1) is 7.01. The number of hydrogen-bond acceptors (Lipinski definition) is 2. The fraction of sp³-hybridized carbons (Fsp3) is 0.750. The van der Waals surface area contributed by atoms with Gasteiger partial charge in [-0.15, -0.1) is 0 Å². The second kappa shape index (κ2) is 3.63. The van der Waals surface area contributed by atoms with Crippen molar-refractivity contribution in [3.63, 3.8) is 0 Å². The van der Waals surface area contributed by atoms with Crippen LogP contribution in [0.5, 0.6) is 0 Å². The van der Waals surface area contributed by atoms with Gasteiger partial charge >= 0.3 is 0 Å². The molecule has 0 aliphatic carbocycles. The highest BCUT2D eigenvalue weighted by atomic mass is 15.3. The summed E-state index contributed by atoms with van der Waals surface area (Å²) < 4.78 is 2.02. The summed E-state index contributed by atoms with van der Waals surface area (Å²) >= 11 is 0. The van der Waals surface area contributed by atoms with Gasteiger partial charge in [-0.1, -0.05) is 13.8 Å². The Balaban J connectivity index is 2.31. The molecule has 2 rings (SSSR count). The standard InChI is InChI=1S/C12H21N3/c1-9-8-11(15(4)14-9)12(2,3)10-6-5-7-13-10/h8,10,13H,5-7H2,1-4H3. The van der Waals surface area contributed by atoms with E-state index in [9.17, 15) is 0 Å². The van der Waals surface area contributed by atoms with Gasteiger partial charge in [0.2, 0.25) is 0 Å². The van der Waals surface area contributed by atoms with Crippen LogP contribution in [0.15, 0.2) is 6.07 Å². The second-order valence-corrected chi connectivity index (χ2v) is 5.17. The first-order valence-electron chi connectivity index (χ1n) is 5.76. The van der Waals surface area contributed by atoms with Crippen molar-refractivity contribution in [3.8, 4) is 0 Å². The van der Waals surface area contributed by atoms with Crippen LogP contribution >= 0.6 is 0 Å². The highest BCUT2D eigenvalue weighted by Gasteiger charge is 2.35. The third-order valence-corrected chi connectivity index (χ3v) is 3.59. The minimum absolute atomic E-state index is 0.173. The number of hydrogen-bond donors (Lipinski definition) is 1. The Bertz CT molecular complexity index is 346. The lowest BCUT2D eigenvalue weighted by molar-refractivity contribution is 0.355. The number of nitrogens with zero attached hydrogens (tertiary/aromatic N) is 2. The summed E-state index contributed by atoms with van der Waals surface area (Å²) in [6, 6.07) is 2.80. The summed E-state index contributed by atoms with van der Waals surface area (Å²) in [6.07, 6.45) is 2.57. The number of aromatic nitrogens is 2. The summed E-state index contributed by atoms with van der Waals surface area (Å²) in [4.78, 5) is 0. The van der Waals surface area contributed by atoms with Gasteiger partial charge in [0, 0.05) is 24.2 Å². The van der Waals surface area contributed by atoms with Gasteiger partial charge in [-0.05, 0) is 32.4 Å². The van der Waals surface area contributed by atoms with Gasteiger partial charge in [0.05, 0.1) is 5.69 Å². The summed E-state index contributed by atoms with van der Waals surface area (Å²) in [5.74, 6) is 0. The zero-order chi connectivity index (χ0) is 11.1. The molecule has 0 spiro atoms. The van der Waals surface area contributed by atoms with Crippen molar-refractivity contribution < 1.29 is 0 Å². The van der Waals surface area contributed by atoms with E-state index >= 15 is 0 Å². The molecule has 0 bridgehead atoms. The van der Waals surface area contributed by atoms with Gasteiger partial charge in [0.1, 0.15) is 0 Å². The van der Waals surface area contributed by atoms with Crippen molar-refractivity contribution in [3.05, 3.63) is 17.5 Å². The molecule has 3 heteroatoms. The molecule has 1 unspecified atom stereocenters. The van der Waals surface area contributed by atoms with Crippen LogP contribution in [0.25, 0.3) is 0 Å². The zero-order valence-electron chi connectivity index (χ0n) is 10.2. The van der Waals surface area contributed by atoms with Crippen molar-refractivity contribution in [2.75, 3.05) is 6.54 Å². The number of rotatable bonds is 2. The van der Waals surface area contributed by atoms with Crippen molar-refractivity contribution >= 4 is 0 Å². The predicted octanol–water partition coefficient (Wildman–Crippen LogP) is 1.76. The molecule has 1 N–H and O–H groups in total. The van der Waals surface area contributed by atoms with Crippen molar-refractivity contribution in [1.29, 1.82) is 0 Å². The molecule has 0 saturated carbocycles. The Morgan fingerprint density at radius 2 is 2.27 bits per heavy atom. The molecule has 0 radical (unpaired) electrons. The average Bonchev–Trinajstić information content (AvgIpc) is 2.74. The molecule has 2 heterocycles. The lowest BCUT2D eigenvalue weighted by Gasteiger charge is -2.31. The highest BCUT2D eigenvalue weighted by Crippen LogP contribution is 2.31. The molecule has 84 valence electrons. The Kier molecular flexibility index (Phi) is 2.59. The third-order valence-electron chi connectivity index (χ3n) is 3.59. The lowest BCUT2D eigenvalue weighted by Crippen LogP contribution is -2.41. The number of aryl methyl sites for hydroxylation is 2. The topological polar surface area (TPSA) is 29.9 Å². The number of nitrogens with one attached hydrogen (secondary N) is 1. The molecule has 0 aromatic carbocycles. The monoisotopic (exact) mass is 207 g/mol. The van der Waals surface area contributed by atoms with Crippen molar-refractivity contribution in [1.82, 2.24) is 15.1 Å². The van der Waals surface area contributed by atoms with Crippen molar-refractivity contribution in [2.45, 2.75) is 45.1 Å². The molecule has 1 aromatic rings. The van der Waals surface area contributed by atoms with Crippen LogP contribution in [0.2, 0.25) is 0 Å². The van der Waals surface area contributed by atoms with E-state index in [1.54, 1.807) is 0 Å². The lowest BCUT2D eigenvalue weighted by atomic mass is 9.80. The molecular weight excluding hydrogens is 186 g/mol. The normalized spacial score (nSPS) is 22.3. The fourth-order valence-corrected chi connectivity index (χ4v) is 2.69. The SMILES string of the molecule is Cc1cc(C(C)(C)C2CCCN2)n(C)n1. The summed E-state index contributed by atoms with van der Waals surface area (Å²) in [6.45, 7) is 7.84. The Morgan fingerprint density at radius 1 is 1.53 bits per heavy atom. The van der Waals surface area contributed by atoms with Gasteiger partial charge in [-0.3, -0.25) is 4.68 Å². The minimum atomic E-state index is 0.173. The molecular formula is C12H21N3. The molecule has 1 aliphatic rings. The van der Waals surface area contributed by atoms with Crippen LogP contribution in [0.3, 0.4) is 0 Å². The average molecular weight is 207 g/mol.